The van der Waals surface area contributed by atoms with Gasteiger partial charge in [0.05, 0.1) is 12.6 Å². The van der Waals surface area contributed by atoms with Crippen molar-refractivity contribution in [3.05, 3.63) is 35.9 Å². The van der Waals surface area contributed by atoms with Gasteiger partial charge >= 0.3 is 5.97 Å². The summed E-state index contributed by atoms with van der Waals surface area (Å²) < 4.78 is 0. The predicted molar refractivity (Wildman–Crippen MR) is 108 cm³/mol. The minimum Gasteiger partial charge on any atom is -0.480 e. The van der Waals surface area contributed by atoms with Crippen LogP contribution in [-0.2, 0) is 25.6 Å². The van der Waals surface area contributed by atoms with Crippen LogP contribution in [0.3, 0.4) is 0 Å². The summed E-state index contributed by atoms with van der Waals surface area (Å²) in [6.45, 7) is 4.62. The molecule has 1 aromatic carbocycles. The molecule has 1 aromatic rings. The molecule has 0 heterocycles. The quantitative estimate of drug-likeness (QED) is 0.343. The number of rotatable bonds is 11. The molecule has 0 saturated carbocycles. The van der Waals surface area contributed by atoms with Crippen molar-refractivity contribution in [2.75, 3.05) is 6.54 Å². The number of benzene rings is 1. The normalized spacial score (nSPS) is 14.8. The molecule has 0 saturated heterocycles. The Bertz CT molecular complexity index is 710. The van der Waals surface area contributed by atoms with Gasteiger partial charge in [-0.25, -0.2) is 0 Å². The number of amides is 3. The molecule has 9 nitrogen and oxygen atoms in total. The van der Waals surface area contributed by atoms with Gasteiger partial charge in [0.2, 0.25) is 17.7 Å². The lowest BCUT2D eigenvalue weighted by Gasteiger charge is -2.24. The first-order valence-corrected chi connectivity index (χ1v) is 9.55. The highest BCUT2D eigenvalue weighted by molar-refractivity contribution is 5.92. The molecule has 6 N–H and O–H groups in total. The molecule has 0 spiro atoms. The molecule has 0 radical (unpaired) electrons. The van der Waals surface area contributed by atoms with Gasteiger partial charge in [-0.15, -0.1) is 0 Å². The molecule has 0 aliphatic carbocycles. The fourth-order valence-corrected chi connectivity index (χ4v) is 2.55. The molecular formula is C20H30N4O5. The summed E-state index contributed by atoms with van der Waals surface area (Å²) in [5.74, 6) is -3.03. The molecular weight excluding hydrogens is 376 g/mol. The second-order valence-electron chi connectivity index (χ2n) is 7.01. The molecule has 4 unspecified atom stereocenters. The molecule has 4 atom stereocenters. The molecule has 3 amide bonds. The molecule has 29 heavy (non-hydrogen) atoms. The molecule has 0 aliphatic rings. The first-order valence-electron chi connectivity index (χ1n) is 9.55. The highest BCUT2D eigenvalue weighted by Gasteiger charge is 2.28. The fraction of sp³-hybridized carbons (Fsp3) is 0.500. The van der Waals surface area contributed by atoms with Gasteiger partial charge in [-0.1, -0.05) is 50.6 Å². The van der Waals surface area contributed by atoms with E-state index in [1.807, 2.05) is 37.3 Å². The summed E-state index contributed by atoms with van der Waals surface area (Å²) in [4.78, 5) is 47.6. The van der Waals surface area contributed by atoms with Gasteiger partial charge in [0.15, 0.2) is 0 Å². The zero-order valence-electron chi connectivity index (χ0n) is 17.0. The molecule has 9 heteroatoms. The Balaban J connectivity index is 2.58. The van der Waals surface area contributed by atoms with Gasteiger partial charge in [0.25, 0.3) is 0 Å². The van der Waals surface area contributed by atoms with Crippen LogP contribution in [0.2, 0.25) is 0 Å². The number of nitrogens with two attached hydrogens (primary N) is 1. The maximum absolute atomic E-state index is 12.3. The number of carbonyl (C=O) groups excluding carboxylic acids is 3. The third kappa shape index (κ3) is 8.30. The van der Waals surface area contributed by atoms with Gasteiger partial charge in [-0.3, -0.25) is 19.2 Å². The largest absolute Gasteiger partial charge is 0.480 e. The fourth-order valence-electron chi connectivity index (χ4n) is 2.55. The van der Waals surface area contributed by atoms with Gasteiger partial charge < -0.3 is 26.8 Å². The van der Waals surface area contributed by atoms with E-state index in [0.29, 0.717) is 12.8 Å². The van der Waals surface area contributed by atoms with E-state index in [2.05, 4.69) is 16.0 Å². The number of carbonyl (C=O) groups is 4. The Morgan fingerprint density at radius 3 is 2.21 bits per heavy atom. The van der Waals surface area contributed by atoms with Crippen molar-refractivity contribution in [3.63, 3.8) is 0 Å². The smallest absolute Gasteiger partial charge is 0.325 e. The van der Waals surface area contributed by atoms with E-state index >= 15 is 0 Å². The zero-order valence-corrected chi connectivity index (χ0v) is 17.0. The summed E-state index contributed by atoms with van der Waals surface area (Å²) in [5, 5.41) is 16.3. The SMILES string of the molecule is CCC(C)C(NC(=O)CNC(=O)C(N)Cc1ccccc1)C(=O)NC(C)C(=O)O. The molecule has 0 fully saturated rings. The Hall–Kier alpha value is -2.94. The third-order valence-corrected chi connectivity index (χ3v) is 4.60. The number of aliphatic carboxylic acids is 1. The van der Waals surface area contributed by atoms with Crippen molar-refractivity contribution in [2.45, 2.75) is 51.7 Å². The summed E-state index contributed by atoms with van der Waals surface area (Å²) >= 11 is 0. The number of carboxylic acids is 1. The summed E-state index contributed by atoms with van der Waals surface area (Å²) in [5.41, 5.74) is 6.78. The third-order valence-electron chi connectivity index (χ3n) is 4.60. The number of nitrogens with one attached hydrogen (secondary N) is 3. The average molecular weight is 406 g/mol. The summed E-state index contributed by atoms with van der Waals surface area (Å²) in [6, 6.07) is 6.46. The van der Waals surface area contributed by atoms with E-state index in [-0.39, 0.29) is 12.5 Å². The zero-order chi connectivity index (χ0) is 22.0. The number of hydrogen-bond acceptors (Lipinski definition) is 5. The van der Waals surface area contributed by atoms with E-state index in [9.17, 15) is 19.2 Å². The standard InChI is InChI=1S/C20H30N4O5/c1-4-12(2)17(19(27)23-13(3)20(28)29)24-16(25)11-22-18(26)15(21)10-14-8-6-5-7-9-14/h5-9,12-13,15,17H,4,10-11,21H2,1-3H3,(H,22,26)(H,23,27)(H,24,25)(H,28,29). The van der Waals surface area contributed by atoms with Crippen molar-refractivity contribution in [1.29, 1.82) is 0 Å². The lowest BCUT2D eigenvalue weighted by Crippen LogP contribution is -2.55. The van der Waals surface area contributed by atoms with Crippen molar-refractivity contribution < 1.29 is 24.3 Å². The van der Waals surface area contributed by atoms with Crippen molar-refractivity contribution in [3.8, 4) is 0 Å². The van der Waals surface area contributed by atoms with Crippen molar-refractivity contribution >= 4 is 23.7 Å². The molecule has 0 aromatic heterocycles. The Morgan fingerprint density at radius 1 is 1.03 bits per heavy atom. The predicted octanol–water partition coefficient (Wildman–Crippen LogP) is -0.207. The highest BCUT2D eigenvalue weighted by atomic mass is 16.4. The monoisotopic (exact) mass is 406 g/mol. The topological polar surface area (TPSA) is 151 Å². The average Bonchev–Trinajstić information content (AvgIpc) is 2.69. The number of carboxylic acid groups (broad SMARTS) is 1. The minimum absolute atomic E-state index is 0.226. The first-order chi connectivity index (χ1) is 13.6. The Morgan fingerprint density at radius 2 is 1.66 bits per heavy atom. The van der Waals surface area contributed by atoms with Crippen LogP contribution in [0.5, 0.6) is 0 Å². The van der Waals surface area contributed by atoms with Gasteiger partial charge in [0, 0.05) is 0 Å². The van der Waals surface area contributed by atoms with Crippen LogP contribution >= 0.6 is 0 Å². The van der Waals surface area contributed by atoms with Crippen LogP contribution in [0, 0.1) is 5.92 Å². The van der Waals surface area contributed by atoms with Crippen LogP contribution in [-0.4, -0.2) is 53.5 Å². The van der Waals surface area contributed by atoms with Crippen molar-refractivity contribution in [2.24, 2.45) is 11.7 Å². The maximum atomic E-state index is 12.3. The maximum Gasteiger partial charge on any atom is 0.325 e. The molecule has 0 aliphatic heterocycles. The summed E-state index contributed by atoms with van der Waals surface area (Å²) in [7, 11) is 0. The van der Waals surface area contributed by atoms with Crippen molar-refractivity contribution in [1.82, 2.24) is 16.0 Å². The second kappa shape index (κ2) is 11.8. The number of hydrogen-bond donors (Lipinski definition) is 5. The van der Waals surface area contributed by atoms with Crippen LogP contribution < -0.4 is 21.7 Å². The van der Waals surface area contributed by atoms with E-state index in [1.54, 1.807) is 6.92 Å². The lowest BCUT2D eigenvalue weighted by molar-refractivity contribution is -0.142. The van der Waals surface area contributed by atoms with Crippen LogP contribution in [0.15, 0.2) is 30.3 Å². The minimum atomic E-state index is -1.17. The Labute approximate surface area is 170 Å². The molecule has 0 bridgehead atoms. The van der Waals surface area contributed by atoms with E-state index in [0.717, 1.165) is 5.56 Å². The van der Waals surface area contributed by atoms with Gasteiger partial charge in [-0.2, -0.15) is 0 Å². The first kappa shape index (κ1) is 24.1. The van der Waals surface area contributed by atoms with Crippen LogP contribution in [0.4, 0.5) is 0 Å². The lowest BCUT2D eigenvalue weighted by atomic mass is 9.98. The molecule has 160 valence electrons. The van der Waals surface area contributed by atoms with Gasteiger partial charge in [0.1, 0.15) is 12.1 Å². The van der Waals surface area contributed by atoms with E-state index < -0.39 is 41.8 Å². The van der Waals surface area contributed by atoms with Crippen LogP contribution in [0.1, 0.15) is 32.8 Å². The second-order valence-corrected chi connectivity index (χ2v) is 7.01. The van der Waals surface area contributed by atoms with E-state index in [4.69, 9.17) is 10.8 Å². The van der Waals surface area contributed by atoms with Gasteiger partial charge in [-0.05, 0) is 24.8 Å². The summed E-state index contributed by atoms with van der Waals surface area (Å²) in [6.07, 6.45) is 0.924. The highest BCUT2D eigenvalue weighted by Crippen LogP contribution is 2.08. The molecule has 1 rings (SSSR count). The van der Waals surface area contributed by atoms with Crippen LogP contribution in [0.25, 0.3) is 0 Å². The van der Waals surface area contributed by atoms with E-state index in [1.165, 1.54) is 6.92 Å². The Kier molecular flexibility index (Phi) is 9.81.